The van der Waals surface area contributed by atoms with Crippen LogP contribution in [0.1, 0.15) is 34.7 Å². The highest BCUT2D eigenvalue weighted by Crippen LogP contribution is 2.40. The molecule has 2 aromatic carbocycles. The number of hydrogen-bond acceptors (Lipinski definition) is 4. The standard InChI is InChI=1S/C21H20ClN3O3/c1-12-20-15(10-19(26)23-21(20)25-24-12)13-7-8-17(18(9-13)27-2)28-11-14-5-3-4-6-16(14)22/h3-9,15H,10-11H2,1-2H3,(H2,23,24,25,26)/t15-/m0/s1. The lowest BCUT2D eigenvalue weighted by molar-refractivity contribution is -0.116. The van der Waals surface area contributed by atoms with E-state index in [1.807, 2.05) is 49.4 Å². The van der Waals surface area contributed by atoms with Crippen molar-refractivity contribution in [1.82, 2.24) is 10.2 Å². The van der Waals surface area contributed by atoms with E-state index in [-0.39, 0.29) is 11.8 Å². The van der Waals surface area contributed by atoms with Crippen LogP contribution in [0.2, 0.25) is 5.02 Å². The number of carbonyl (C=O) groups is 1. The molecule has 2 heterocycles. The molecule has 0 bridgehead atoms. The number of hydrogen-bond donors (Lipinski definition) is 2. The van der Waals surface area contributed by atoms with Gasteiger partial charge in [0.2, 0.25) is 5.91 Å². The van der Waals surface area contributed by atoms with E-state index in [0.29, 0.717) is 35.4 Å². The zero-order valence-electron chi connectivity index (χ0n) is 15.6. The van der Waals surface area contributed by atoms with Crippen molar-refractivity contribution in [3.05, 3.63) is 69.9 Å². The number of halogens is 1. The van der Waals surface area contributed by atoms with Crippen molar-refractivity contribution < 1.29 is 14.3 Å². The van der Waals surface area contributed by atoms with Crippen LogP contribution in [-0.4, -0.2) is 23.2 Å². The van der Waals surface area contributed by atoms with E-state index < -0.39 is 0 Å². The molecule has 0 aliphatic carbocycles. The van der Waals surface area contributed by atoms with Gasteiger partial charge in [0.25, 0.3) is 0 Å². The number of rotatable bonds is 5. The number of methoxy groups -OCH3 is 1. The van der Waals surface area contributed by atoms with Gasteiger partial charge in [-0.1, -0.05) is 35.9 Å². The summed E-state index contributed by atoms with van der Waals surface area (Å²) < 4.78 is 11.5. The molecule has 28 heavy (non-hydrogen) atoms. The van der Waals surface area contributed by atoms with Gasteiger partial charge in [-0.15, -0.1) is 0 Å². The van der Waals surface area contributed by atoms with Crippen molar-refractivity contribution in [2.75, 3.05) is 12.4 Å². The van der Waals surface area contributed by atoms with Gasteiger partial charge in [0.1, 0.15) is 6.61 Å². The average molecular weight is 398 g/mol. The van der Waals surface area contributed by atoms with Crippen LogP contribution >= 0.6 is 11.6 Å². The van der Waals surface area contributed by atoms with Gasteiger partial charge in [0.15, 0.2) is 17.3 Å². The summed E-state index contributed by atoms with van der Waals surface area (Å²) >= 11 is 6.20. The first-order chi connectivity index (χ1) is 13.6. The number of nitrogens with zero attached hydrogens (tertiary/aromatic N) is 1. The second-order valence-electron chi connectivity index (χ2n) is 6.71. The van der Waals surface area contributed by atoms with Crippen molar-refractivity contribution in [3.8, 4) is 11.5 Å². The lowest BCUT2D eigenvalue weighted by Gasteiger charge is -2.24. The highest BCUT2D eigenvalue weighted by molar-refractivity contribution is 6.31. The van der Waals surface area contributed by atoms with E-state index in [1.54, 1.807) is 7.11 Å². The van der Waals surface area contributed by atoms with Gasteiger partial charge in [-0.25, -0.2) is 0 Å². The van der Waals surface area contributed by atoms with Crippen LogP contribution in [0.5, 0.6) is 11.5 Å². The molecule has 0 radical (unpaired) electrons. The van der Waals surface area contributed by atoms with Crippen LogP contribution in [0.3, 0.4) is 0 Å². The number of aromatic amines is 1. The van der Waals surface area contributed by atoms with Crippen molar-refractivity contribution >= 4 is 23.3 Å². The SMILES string of the molecule is COc1cc([C@@H]2CC(=O)Nc3n[nH]c(C)c32)ccc1OCc1ccccc1Cl. The van der Waals surface area contributed by atoms with Gasteiger partial charge in [0, 0.05) is 34.2 Å². The highest BCUT2D eigenvalue weighted by atomic mass is 35.5. The molecule has 7 heteroatoms. The maximum absolute atomic E-state index is 12.1. The Hall–Kier alpha value is -2.99. The number of aryl methyl sites for hydroxylation is 1. The quantitative estimate of drug-likeness (QED) is 0.667. The number of benzene rings is 2. The van der Waals surface area contributed by atoms with Gasteiger partial charge >= 0.3 is 0 Å². The second kappa shape index (κ2) is 7.56. The number of amides is 1. The molecule has 4 rings (SSSR count). The van der Waals surface area contributed by atoms with Gasteiger partial charge in [-0.05, 0) is 30.7 Å². The lowest BCUT2D eigenvalue weighted by Crippen LogP contribution is -2.23. The molecule has 2 N–H and O–H groups in total. The molecule has 1 aromatic heterocycles. The summed E-state index contributed by atoms with van der Waals surface area (Å²) in [6.07, 6.45) is 0.357. The Balaban J connectivity index is 1.62. The topological polar surface area (TPSA) is 76.2 Å². The number of H-pyrrole nitrogens is 1. The van der Waals surface area contributed by atoms with Crippen molar-refractivity contribution in [3.63, 3.8) is 0 Å². The van der Waals surface area contributed by atoms with E-state index in [1.165, 1.54) is 0 Å². The predicted octanol–water partition coefficient (Wildman–Crippen LogP) is 4.43. The molecule has 1 aliphatic heterocycles. The van der Waals surface area contributed by atoms with E-state index >= 15 is 0 Å². The first-order valence-corrected chi connectivity index (χ1v) is 9.33. The molecule has 0 unspecified atom stereocenters. The molecule has 1 atom stereocenters. The number of nitrogens with one attached hydrogen (secondary N) is 2. The molecule has 0 fully saturated rings. The Kier molecular flexibility index (Phi) is 4.96. The van der Waals surface area contributed by atoms with Crippen LogP contribution in [-0.2, 0) is 11.4 Å². The fourth-order valence-corrected chi connectivity index (χ4v) is 3.70. The third-order valence-corrected chi connectivity index (χ3v) is 5.29. The lowest BCUT2D eigenvalue weighted by atomic mass is 9.85. The Morgan fingerprint density at radius 1 is 1.21 bits per heavy atom. The molecule has 144 valence electrons. The minimum Gasteiger partial charge on any atom is -0.493 e. The summed E-state index contributed by atoms with van der Waals surface area (Å²) in [5, 5.41) is 10.6. The van der Waals surface area contributed by atoms with Crippen LogP contribution in [0, 0.1) is 6.92 Å². The first-order valence-electron chi connectivity index (χ1n) is 8.95. The summed E-state index contributed by atoms with van der Waals surface area (Å²) in [5.74, 6) is 1.68. The molecule has 6 nitrogen and oxygen atoms in total. The third kappa shape index (κ3) is 3.43. The number of fused-ring (bicyclic) bond motifs is 1. The largest absolute Gasteiger partial charge is 0.493 e. The summed E-state index contributed by atoms with van der Waals surface area (Å²) in [6, 6.07) is 13.3. The predicted molar refractivity (Wildman–Crippen MR) is 107 cm³/mol. The monoisotopic (exact) mass is 397 g/mol. The zero-order valence-corrected chi connectivity index (χ0v) is 16.3. The molecular formula is C21H20ClN3O3. The van der Waals surface area contributed by atoms with Crippen molar-refractivity contribution in [2.24, 2.45) is 0 Å². The van der Waals surface area contributed by atoms with Gasteiger partial charge in [0.05, 0.1) is 7.11 Å². The highest BCUT2D eigenvalue weighted by Gasteiger charge is 2.31. The summed E-state index contributed by atoms with van der Waals surface area (Å²) in [6.45, 7) is 2.29. The number of ether oxygens (including phenoxy) is 2. The molecule has 1 aliphatic rings. The van der Waals surface area contributed by atoms with Crippen molar-refractivity contribution in [1.29, 1.82) is 0 Å². The molecule has 1 amide bonds. The Morgan fingerprint density at radius 3 is 2.82 bits per heavy atom. The van der Waals surface area contributed by atoms with E-state index in [2.05, 4.69) is 15.5 Å². The summed E-state index contributed by atoms with van der Waals surface area (Å²) in [7, 11) is 1.60. The summed E-state index contributed by atoms with van der Waals surface area (Å²) in [4.78, 5) is 12.1. The van der Waals surface area contributed by atoms with Crippen molar-refractivity contribution in [2.45, 2.75) is 25.9 Å². The third-order valence-electron chi connectivity index (χ3n) is 4.92. The van der Waals surface area contributed by atoms with Gasteiger partial charge in [-0.2, -0.15) is 5.10 Å². The van der Waals surface area contributed by atoms with Gasteiger partial charge in [-0.3, -0.25) is 9.89 Å². The Labute approximate surface area is 167 Å². The molecular weight excluding hydrogens is 378 g/mol. The van der Waals surface area contributed by atoms with Crippen LogP contribution in [0.15, 0.2) is 42.5 Å². The number of carbonyl (C=O) groups excluding carboxylic acids is 1. The maximum Gasteiger partial charge on any atom is 0.226 e. The average Bonchev–Trinajstić information content (AvgIpc) is 3.07. The normalized spacial score (nSPS) is 15.7. The number of aromatic nitrogens is 2. The summed E-state index contributed by atoms with van der Waals surface area (Å²) in [5.41, 5.74) is 3.82. The van der Waals surface area contributed by atoms with E-state index in [9.17, 15) is 4.79 Å². The minimum absolute atomic E-state index is 0.0537. The molecule has 3 aromatic rings. The maximum atomic E-state index is 12.1. The Bertz CT molecular complexity index is 1030. The first kappa shape index (κ1) is 18.4. The van der Waals surface area contributed by atoms with Crippen LogP contribution in [0.25, 0.3) is 0 Å². The van der Waals surface area contributed by atoms with Crippen LogP contribution < -0.4 is 14.8 Å². The van der Waals surface area contributed by atoms with Crippen LogP contribution in [0.4, 0.5) is 5.82 Å². The van der Waals surface area contributed by atoms with E-state index in [4.69, 9.17) is 21.1 Å². The zero-order chi connectivity index (χ0) is 19.7. The smallest absolute Gasteiger partial charge is 0.226 e. The fourth-order valence-electron chi connectivity index (χ4n) is 3.51. The molecule has 0 saturated carbocycles. The molecule has 0 saturated heterocycles. The Morgan fingerprint density at radius 2 is 2.04 bits per heavy atom. The molecule has 0 spiro atoms. The fraction of sp³-hybridized carbons (Fsp3) is 0.238. The number of anilines is 1. The second-order valence-corrected chi connectivity index (χ2v) is 7.11. The minimum atomic E-state index is -0.0889. The van der Waals surface area contributed by atoms with Gasteiger partial charge < -0.3 is 14.8 Å². The van der Waals surface area contributed by atoms with E-state index in [0.717, 1.165) is 22.4 Å².